The molecule has 2 N–H and O–H groups in total. The third kappa shape index (κ3) is 9.70. The van der Waals surface area contributed by atoms with Gasteiger partial charge in [0.1, 0.15) is 0 Å². The molecule has 3 aromatic carbocycles. The van der Waals surface area contributed by atoms with E-state index in [-0.39, 0.29) is 36.8 Å². The van der Waals surface area contributed by atoms with Crippen LogP contribution in [0.1, 0.15) is 75.0 Å². The molecule has 2 saturated heterocycles. The first kappa shape index (κ1) is 37.3. The van der Waals surface area contributed by atoms with Crippen molar-refractivity contribution >= 4 is 42.3 Å². The summed E-state index contributed by atoms with van der Waals surface area (Å²) in [4.78, 5) is 18.8. The van der Waals surface area contributed by atoms with Gasteiger partial charge in [0.25, 0.3) is 0 Å². The highest BCUT2D eigenvalue weighted by molar-refractivity contribution is 6.30. The van der Waals surface area contributed by atoms with Crippen molar-refractivity contribution in [2.45, 2.75) is 75.3 Å². The fourth-order valence-corrected chi connectivity index (χ4v) is 7.36. The lowest BCUT2D eigenvalue weighted by Gasteiger charge is -2.40. The molecule has 3 aromatic rings. The van der Waals surface area contributed by atoms with E-state index >= 15 is 0 Å². The Balaban J connectivity index is 0.00000276. The molecule has 2 fully saturated rings. The van der Waals surface area contributed by atoms with E-state index in [4.69, 9.17) is 11.6 Å². The second-order valence-corrected chi connectivity index (χ2v) is 13.1. The fourth-order valence-electron chi connectivity index (χ4n) is 7.23. The van der Waals surface area contributed by atoms with E-state index < -0.39 is 11.0 Å². The summed E-state index contributed by atoms with van der Waals surface area (Å²) >= 11 is 6.08. The van der Waals surface area contributed by atoms with Crippen LogP contribution in [0.4, 0.5) is 0 Å². The van der Waals surface area contributed by atoms with Crippen LogP contribution in [0, 0.1) is 0 Å². The minimum Gasteiger partial charge on any atom is -0.385 e. The van der Waals surface area contributed by atoms with Gasteiger partial charge in [-0.3, -0.25) is 4.79 Å². The minimum absolute atomic E-state index is 0. The molecule has 2 aliphatic heterocycles. The lowest BCUT2D eigenvalue weighted by molar-refractivity contribution is -0.123. The molecule has 2 aliphatic rings. The van der Waals surface area contributed by atoms with Gasteiger partial charge in [0.2, 0.25) is 5.91 Å². The van der Waals surface area contributed by atoms with Crippen molar-refractivity contribution in [3.63, 3.8) is 0 Å². The van der Waals surface area contributed by atoms with Crippen LogP contribution >= 0.6 is 36.4 Å². The summed E-state index contributed by atoms with van der Waals surface area (Å²) in [6.07, 6.45) is 6.90. The number of nitrogens with one attached hydrogen (secondary N) is 1. The highest BCUT2D eigenvalue weighted by Crippen LogP contribution is 2.41. The molecule has 0 aromatic heterocycles. The van der Waals surface area contributed by atoms with Crippen LogP contribution in [0.3, 0.4) is 0 Å². The Morgan fingerprint density at radius 1 is 0.844 bits per heavy atom. The van der Waals surface area contributed by atoms with Crippen LogP contribution < -0.4 is 5.32 Å². The van der Waals surface area contributed by atoms with Gasteiger partial charge in [-0.1, -0.05) is 91.3 Å². The highest BCUT2D eigenvalue weighted by Gasteiger charge is 2.38. The standard InChI is InChI=1S/C37H48ClN3O2.2ClH/c1-2-23-40-25-18-34(19-26-40)39-35(42)29-36(30-10-5-3-6-11-30,31-12-7-4-8-13-31)20-9-24-41-27-21-37(43,22-28-41)32-14-16-33(38)17-15-32;;/h3-8,10-17,34,43H,2,9,18-29H2,1H3,(H,39,42);2*1H. The summed E-state index contributed by atoms with van der Waals surface area (Å²) in [6, 6.07) is 29.1. The first-order valence-electron chi connectivity index (χ1n) is 16.2. The van der Waals surface area contributed by atoms with Crippen molar-refractivity contribution < 1.29 is 9.90 Å². The number of hydrogen-bond donors (Lipinski definition) is 2. The third-order valence-corrected chi connectivity index (χ3v) is 10.0. The van der Waals surface area contributed by atoms with E-state index in [1.807, 2.05) is 24.3 Å². The molecule has 8 heteroatoms. The van der Waals surface area contributed by atoms with Crippen LogP contribution in [0.5, 0.6) is 0 Å². The van der Waals surface area contributed by atoms with E-state index in [9.17, 15) is 9.90 Å². The minimum atomic E-state index is -0.802. The summed E-state index contributed by atoms with van der Waals surface area (Å²) in [5.41, 5.74) is 2.14. The largest absolute Gasteiger partial charge is 0.385 e. The molecule has 0 bridgehead atoms. The maximum Gasteiger partial charge on any atom is 0.221 e. The van der Waals surface area contributed by atoms with Gasteiger partial charge in [-0.15, -0.1) is 24.8 Å². The van der Waals surface area contributed by atoms with E-state index in [1.165, 1.54) is 17.5 Å². The number of amides is 1. The number of carbonyl (C=O) groups is 1. The number of likely N-dealkylation sites (tertiary alicyclic amines) is 2. The van der Waals surface area contributed by atoms with Gasteiger partial charge in [0.05, 0.1) is 5.60 Å². The maximum atomic E-state index is 13.8. The van der Waals surface area contributed by atoms with Crippen LogP contribution in [-0.4, -0.2) is 66.1 Å². The van der Waals surface area contributed by atoms with Gasteiger partial charge in [-0.25, -0.2) is 0 Å². The maximum absolute atomic E-state index is 13.8. The van der Waals surface area contributed by atoms with Crippen LogP contribution in [0.15, 0.2) is 84.9 Å². The summed E-state index contributed by atoms with van der Waals surface area (Å²) in [5.74, 6) is 0.146. The van der Waals surface area contributed by atoms with E-state index in [0.29, 0.717) is 24.3 Å². The molecule has 0 atom stereocenters. The Hall–Kier alpha value is -2.12. The van der Waals surface area contributed by atoms with Gasteiger partial charge < -0.3 is 20.2 Å². The first-order chi connectivity index (χ1) is 20.9. The number of halogens is 3. The molecule has 0 saturated carbocycles. The van der Waals surface area contributed by atoms with Crippen molar-refractivity contribution in [2.75, 3.05) is 39.3 Å². The molecule has 246 valence electrons. The summed E-state index contributed by atoms with van der Waals surface area (Å²) in [7, 11) is 0. The third-order valence-electron chi connectivity index (χ3n) is 9.75. The Morgan fingerprint density at radius 3 is 1.91 bits per heavy atom. The summed E-state index contributed by atoms with van der Waals surface area (Å²) < 4.78 is 0. The molecule has 5 nitrogen and oxygen atoms in total. The monoisotopic (exact) mass is 673 g/mol. The van der Waals surface area contributed by atoms with Crippen molar-refractivity contribution in [2.24, 2.45) is 0 Å². The average Bonchev–Trinajstić information content (AvgIpc) is 3.04. The Morgan fingerprint density at radius 2 is 1.38 bits per heavy atom. The zero-order valence-corrected chi connectivity index (χ0v) is 28.9. The van der Waals surface area contributed by atoms with E-state index in [0.717, 1.165) is 70.5 Å². The van der Waals surface area contributed by atoms with Crippen molar-refractivity contribution in [3.05, 3.63) is 107 Å². The SMILES string of the molecule is CCCN1CCC(NC(=O)CC(CCCN2CCC(O)(c3ccc(Cl)cc3)CC2)(c2ccccc2)c2ccccc2)CC1.Cl.Cl. The number of nitrogens with zero attached hydrogens (tertiary/aromatic N) is 2. The molecule has 1 amide bonds. The molecule has 0 unspecified atom stereocenters. The molecule has 0 spiro atoms. The predicted molar refractivity (Wildman–Crippen MR) is 191 cm³/mol. The van der Waals surface area contributed by atoms with Gasteiger partial charge in [0.15, 0.2) is 0 Å². The number of hydrogen-bond acceptors (Lipinski definition) is 4. The van der Waals surface area contributed by atoms with Crippen LogP contribution in [0.25, 0.3) is 0 Å². The topological polar surface area (TPSA) is 55.8 Å². The van der Waals surface area contributed by atoms with E-state index in [2.05, 4.69) is 82.7 Å². The number of rotatable bonds is 12. The quantitative estimate of drug-likeness (QED) is 0.208. The van der Waals surface area contributed by atoms with Crippen molar-refractivity contribution in [3.8, 4) is 0 Å². The molecule has 5 rings (SSSR count). The molecule has 2 heterocycles. The Bertz CT molecular complexity index is 1240. The van der Waals surface area contributed by atoms with Crippen LogP contribution in [-0.2, 0) is 15.8 Å². The molecule has 0 aliphatic carbocycles. The Kier molecular flexibility index (Phi) is 14.7. The van der Waals surface area contributed by atoms with Crippen molar-refractivity contribution in [1.29, 1.82) is 0 Å². The zero-order valence-electron chi connectivity index (χ0n) is 26.5. The number of piperidine rings is 2. The molecular formula is C37H50Cl3N3O2. The number of benzene rings is 3. The molecule has 45 heavy (non-hydrogen) atoms. The summed E-state index contributed by atoms with van der Waals surface area (Å²) in [5, 5.41) is 15.5. The predicted octanol–water partition coefficient (Wildman–Crippen LogP) is 7.61. The molecule has 0 radical (unpaired) electrons. The highest BCUT2D eigenvalue weighted by atomic mass is 35.5. The normalized spacial score (nSPS) is 17.6. The summed E-state index contributed by atoms with van der Waals surface area (Å²) in [6.45, 7) is 8.13. The second-order valence-electron chi connectivity index (χ2n) is 12.7. The van der Waals surface area contributed by atoms with Gasteiger partial charge in [-0.05, 0) is 86.9 Å². The number of aliphatic hydroxyl groups is 1. The number of carbonyl (C=O) groups excluding carboxylic acids is 1. The van der Waals surface area contributed by atoms with Gasteiger partial charge in [0, 0.05) is 49.1 Å². The Labute approximate surface area is 287 Å². The lowest BCUT2D eigenvalue weighted by Crippen LogP contribution is -2.46. The van der Waals surface area contributed by atoms with Crippen LogP contribution in [0.2, 0.25) is 5.02 Å². The fraction of sp³-hybridized carbons (Fsp3) is 0.486. The average molecular weight is 675 g/mol. The second kappa shape index (κ2) is 17.7. The van der Waals surface area contributed by atoms with Gasteiger partial charge >= 0.3 is 0 Å². The molecular weight excluding hydrogens is 625 g/mol. The first-order valence-corrected chi connectivity index (χ1v) is 16.6. The zero-order chi connectivity index (χ0) is 30.1. The smallest absolute Gasteiger partial charge is 0.221 e. The lowest BCUT2D eigenvalue weighted by atomic mass is 9.68. The van der Waals surface area contributed by atoms with E-state index in [1.54, 1.807) is 0 Å². The van der Waals surface area contributed by atoms with Gasteiger partial charge in [-0.2, -0.15) is 0 Å². The van der Waals surface area contributed by atoms with Crippen molar-refractivity contribution in [1.82, 2.24) is 15.1 Å².